The Hall–Kier alpha value is -2.64. The molecule has 164 valence electrons. The monoisotopic (exact) mass is 446 g/mol. The Morgan fingerprint density at radius 1 is 1.30 bits per heavy atom. The fourth-order valence-electron chi connectivity index (χ4n) is 3.11. The second kappa shape index (κ2) is 9.02. The molecule has 3 rings (SSSR count). The van der Waals surface area contributed by atoms with Crippen molar-refractivity contribution in [1.29, 1.82) is 0 Å². The molecule has 1 unspecified atom stereocenters. The van der Waals surface area contributed by atoms with Gasteiger partial charge in [-0.25, -0.2) is 4.98 Å². The average Bonchev–Trinajstić information content (AvgIpc) is 3.06. The van der Waals surface area contributed by atoms with Gasteiger partial charge in [-0.1, -0.05) is 0 Å². The number of nitrogens with one attached hydrogen (secondary N) is 1. The second-order valence-corrected chi connectivity index (χ2v) is 7.37. The Bertz CT molecular complexity index is 928. The van der Waals surface area contributed by atoms with Crippen LogP contribution in [0, 0.1) is 0 Å². The zero-order valence-electron chi connectivity index (χ0n) is 15.9. The predicted octanol–water partition coefficient (Wildman–Crippen LogP) is 1.48. The number of aromatic nitrogens is 2. The first-order chi connectivity index (χ1) is 14.1. The van der Waals surface area contributed by atoms with E-state index in [1.54, 1.807) is 6.33 Å². The van der Waals surface area contributed by atoms with Crippen LogP contribution < -0.4 is 9.46 Å². The predicted molar refractivity (Wildman–Crippen MR) is 100 cm³/mol. The number of hydrogen-bond acceptors (Lipinski definition) is 6. The molecular formula is C17H19F3N5O4S-. The smallest absolute Gasteiger partial charge is 0.573 e. The number of ether oxygens (including phenoxy) is 1. The van der Waals surface area contributed by atoms with Crippen molar-refractivity contribution in [2.45, 2.75) is 12.9 Å². The van der Waals surface area contributed by atoms with Gasteiger partial charge in [0.05, 0.1) is 17.7 Å². The largest absolute Gasteiger partial charge is 0.755 e. The minimum absolute atomic E-state index is 0.0327. The number of anilines is 1. The molecule has 1 fully saturated rings. The van der Waals surface area contributed by atoms with Crippen molar-refractivity contribution in [1.82, 2.24) is 19.4 Å². The minimum atomic E-state index is -5.04. The molecule has 1 aromatic heterocycles. The molecule has 1 aliphatic heterocycles. The number of aryl methyl sites for hydroxylation is 1. The van der Waals surface area contributed by atoms with Crippen LogP contribution >= 0.6 is 0 Å². The summed E-state index contributed by atoms with van der Waals surface area (Å²) < 4.78 is 67.1. The maximum absolute atomic E-state index is 12.7. The number of benzene rings is 1. The first kappa shape index (κ1) is 22.1. The average molecular weight is 446 g/mol. The van der Waals surface area contributed by atoms with Crippen molar-refractivity contribution in [2.24, 2.45) is 7.05 Å². The lowest BCUT2D eigenvalue weighted by atomic mass is 10.1. The van der Waals surface area contributed by atoms with Crippen molar-refractivity contribution in [3.8, 4) is 5.75 Å². The van der Waals surface area contributed by atoms with Crippen LogP contribution in [0.1, 0.15) is 16.1 Å². The van der Waals surface area contributed by atoms with E-state index in [0.717, 1.165) is 17.8 Å². The fraction of sp³-hybridized carbons (Fsp3) is 0.412. The number of piperazine rings is 1. The molecule has 0 radical (unpaired) electrons. The van der Waals surface area contributed by atoms with Gasteiger partial charge in [0, 0.05) is 62.8 Å². The molecule has 30 heavy (non-hydrogen) atoms. The van der Waals surface area contributed by atoms with Crippen molar-refractivity contribution in [2.75, 3.05) is 30.9 Å². The molecule has 0 saturated carbocycles. The lowest BCUT2D eigenvalue weighted by molar-refractivity contribution is -0.274. The minimum Gasteiger partial charge on any atom is -0.755 e. The molecule has 1 aromatic carbocycles. The summed E-state index contributed by atoms with van der Waals surface area (Å²) in [4.78, 5) is 20.7. The van der Waals surface area contributed by atoms with Crippen molar-refractivity contribution in [3.05, 3.63) is 42.0 Å². The number of hydrogen-bond donors (Lipinski definition) is 1. The lowest BCUT2D eigenvalue weighted by Crippen LogP contribution is -2.48. The zero-order valence-corrected chi connectivity index (χ0v) is 16.7. The molecular weight excluding hydrogens is 427 g/mol. The van der Waals surface area contributed by atoms with Crippen LogP contribution in [0.5, 0.6) is 5.75 Å². The van der Waals surface area contributed by atoms with Gasteiger partial charge in [-0.15, -0.1) is 13.2 Å². The van der Waals surface area contributed by atoms with E-state index in [1.165, 1.54) is 11.0 Å². The standard InChI is InChI=1S/C17H20F3N5O4S/c1-23-9-13(21-11-23)10-24-4-6-25(7-5-24)16(26)12-2-3-14(22-30(27)28)15(8-12)29-17(18,19)20/h2-3,8-9,11,22H,4-7,10H2,1H3,(H,27,28)/p-1. The molecule has 1 amide bonds. The third-order valence-corrected chi connectivity index (χ3v) is 4.84. The van der Waals surface area contributed by atoms with Crippen LogP contribution in [0.3, 0.4) is 0 Å². The Kier molecular flexibility index (Phi) is 6.63. The molecule has 1 saturated heterocycles. The molecule has 0 aliphatic carbocycles. The molecule has 2 aromatic rings. The Morgan fingerprint density at radius 3 is 2.57 bits per heavy atom. The van der Waals surface area contributed by atoms with Crippen LogP contribution in [-0.2, 0) is 24.9 Å². The highest BCUT2D eigenvalue weighted by Gasteiger charge is 2.33. The normalized spacial score (nSPS) is 16.4. The summed E-state index contributed by atoms with van der Waals surface area (Å²) in [6, 6.07) is 3.19. The SMILES string of the molecule is Cn1cnc(CN2CCN(C(=O)c3ccc(NS(=O)[O-])c(OC(F)(F)F)c3)CC2)c1. The molecule has 1 N–H and O–H groups in total. The number of nitrogens with zero attached hydrogens (tertiary/aromatic N) is 4. The highest BCUT2D eigenvalue weighted by molar-refractivity contribution is 7.80. The van der Waals surface area contributed by atoms with Crippen LogP contribution in [0.15, 0.2) is 30.7 Å². The van der Waals surface area contributed by atoms with Gasteiger partial charge in [-0.2, -0.15) is 0 Å². The van der Waals surface area contributed by atoms with Crippen LogP contribution in [0.2, 0.25) is 0 Å². The molecule has 1 atom stereocenters. The van der Waals surface area contributed by atoms with Crippen LogP contribution in [0.25, 0.3) is 0 Å². The van der Waals surface area contributed by atoms with Gasteiger partial charge in [0.1, 0.15) is 0 Å². The number of carbonyl (C=O) groups excluding carboxylic acids is 1. The second-order valence-electron chi connectivity index (χ2n) is 6.69. The summed E-state index contributed by atoms with van der Waals surface area (Å²) in [5, 5.41) is 0. The van der Waals surface area contributed by atoms with Gasteiger partial charge in [-0.05, 0) is 18.2 Å². The summed E-state index contributed by atoms with van der Waals surface area (Å²) in [5.41, 5.74) is 0.456. The maximum atomic E-state index is 12.7. The van der Waals surface area contributed by atoms with E-state index in [4.69, 9.17) is 0 Å². The summed E-state index contributed by atoms with van der Waals surface area (Å²) in [6.45, 7) is 2.60. The van der Waals surface area contributed by atoms with E-state index in [-0.39, 0.29) is 5.56 Å². The Labute approximate surface area is 172 Å². The molecule has 1 aliphatic rings. The molecule has 9 nitrogen and oxygen atoms in total. The van der Waals surface area contributed by atoms with Crippen molar-refractivity contribution < 1.29 is 31.5 Å². The Morgan fingerprint density at radius 2 is 2.00 bits per heavy atom. The Balaban J connectivity index is 1.67. The number of imidazole rings is 1. The topological polar surface area (TPSA) is 103 Å². The van der Waals surface area contributed by atoms with Gasteiger partial charge >= 0.3 is 6.36 Å². The molecule has 13 heteroatoms. The van der Waals surface area contributed by atoms with E-state index in [0.29, 0.717) is 32.7 Å². The third kappa shape index (κ3) is 5.93. The summed E-state index contributed by atoms with van der Waals surface area (Å²) in [7, 11) is 1.87. The van der Waals surface area contributed by atoms with Crippen molar-refractivity contribution >= 4 is 22.9 Å². The van der Waals surface area contributed by atoms with Crippen molar-refractivity contribution in [3.63, 3.8) is 0 Å². The lowest BCUT2D eigenvalue weighted by Gasteiger charge is -2.34. The number of carbonyl (C=O) groups is 1. The number of alkyl halides is 3. The molecule has 2 heterocycles. The van der Waals surface area contributed by atoms with Crippen LogP contribution in [-0.4, -0.2) is 66.6 Å². The van der Waals surface area contributed by atoms with Gasteiger partial charge in [0.2, 0.25) is 0 Å². The van der Waals surface area contributed by atoms with E-state index < -0.39 is 35.0 Å². The first-order valence-corrected chi connectivity index (χ1v) is 9.92. The number of halogens is 3. The highest BCUT2D eigenvalue weighted by Crippen LogP contribution is 2.32. The van der Waals surface area contributed by atoms with E-state index >= 15 is 0 Å². The third-order valence-electron chi connectivity index (χ3n) is 4.45. The number of rotatable bonds is 6. The first-order valence-electron chi connectivity index (χ1n) is 8.85. The number of amides is 1. The summed E-state index contributed by atoms with van der Waals surface area (Å²) >= 11 is -2.85. The van der Waals surface area contributed by atoms with E-state index in [9.17, 15) is 26.7 Å². The van der Waals surface area contributed by atoms with Gasteiger partial charge in [-0.3, -0.25) is 13.9 Å². The quantitative estimate of drug-likeness (QED) is 0.675. The highest BCUT2D eigenvalue weighted by atomic mass is 32.2. The van der Waals surface area contributed by atoms with Crippen LogP contribution in [0.4, 0.5) is 18.9 Å². The molecule has 0 bridgehead atoms. The van der Waals surface area contributed by atoms with E-state index in [1.807, 2.05) is 22.5 Å². The maximum Gasteiger partial charge on any atom is 0.573 e. The molecule has 0 spiro atoms. The summed E-state index contributed by atoms with van der Waals surface area (Å²) in [6.07, 6.45) is -1.43. The van der Waals surface area contributed by atoms with Gasteiger partial charge < -0.3 is 23.5 Å². The van der Waals surface area contributed by atoms with E-state index in [2.05, 4.69) is 14.6 Å². The zero-order chi connectivity index (χ0) is 21.9. The summed E-state index contributed by atoms with van der Waals surface area (Å²) in [5.74, 6) is -1.26. The van der Waals surface area contributed by atoms with Gasteiger partial charge in [0.25, 0.3) is 5.91 Å². The van der Waals surface area contributed by atoms with Gasteiger partial charge in [0.15, 0.2) is 5.75 Å². The fourth-order valence-corrected chi connectivity index (χ4v) is 3.46.